The third-order valence-corrected chi connectivity index (χ3v) is 2.32. The van der Waals surface area contributed by atoms with Crippen LogP contribution in [0.2, 0.25) is 0 Å². The van der Waals surface area contributed by atoms with Crippen LogP contribution in [-0.2, 0) is 0 Å². The second kappa shape index (κ2) is 6.00. The Morgan fingerprint density at radius 2 is 2.00 bits per heavy atom. The normalized spacial score (nSPS) is 15.3. The fourth-order valence-corrected chi connectivity index (χ4v) is 1.31. The van der Waals surface area contributed by atoms with Crippen LogP contribution in [-0.4, -0.2) is 12.0 Å². The van der Waals surface area contributed by atoms with Crippen LogP contribution in [0.4, 0.5) is 4.39 Å². The quantitative estimate of drug-likeness (QED) is 0.561. The molecule has 2 unspecified atom stereocenters. The monoisotopic (exact) mass is 240 g/mol. The third-order valence-electron chi connectivity index (χ3n) is 1.96. The first-order chi connectivity index (χ1) is 7.49. The van der Waals surface area contributed by atoms with E-state index in [1.807, 2.05) is 50.3 Å². The van der Waals surface area contributed by atoms with Gasteiger partial charge in [-0.1, -0.05) is 47.4 Å². The van der Waals surface area contributed by atoms with Crippen molar-refractivity contribution in [2.75, 3.05) is 6.61 Å². The Bertz CT molecular complexity index is 333. The van der Waals surface area contributed by atoms with E-state index in [1.54, 1.807) is 0 Å². The highest BCUT2D eigenvalue weighted by Crippen LogP contribution is 2.24. The maximum Gasteiger partial charge on any atom is 0.175 e. The molecule has 0 N–H and O–H groups in total. The molecule has 1 rings (SSSR count). The van der Waals surface area contributed by atoms with Crippen molar-refractivity contribution in [1.82, 2.24) is 0 Å². The summed E-state index contributed by atoms with van der Waals surface area (Å²) in [5, 5.41) is -1.50. The molecular weight excluding hydrogens is 222 g/mol. The fourth-order valence-electron chi connectivity index (χ4n) is 1.11. The van der Waals surface area contributed by atoms with Crippen molar-refractivity contribution < 1.29 is 9.13 Å². The van der Waals surface area contributed by atoms with Crippen molar-refractivity contribution in [2.24, 2.45) is 5.92 Å². The highest BCUT2D eigenvalue weighted by Gasteiger charge is 2.20. The molecule has 0 aliphatic heterocycles. The van der Waals surface area contributed by atoms with E-state index in [2.05, 4.69) is 9.24 Å². The molecule has 0 spiro atoms. The van der Waals surface area contributed by atoms with Crippen molar-refractivity contribution in [2.45, 2.75) is 19.3 Å². The molecule has 1 aromatic carbocycles. The van der Waals surface area contributed by atoms with E-state index in [0.29, 0.717) is 11.7 Å². The van der Waals surface area contributed by atoms with Gasteiger partial charge in [0.25, 0.3) is 0 Å². The van der Waals surface area contributed by atoms with E-state index in [9.17, 15) is 4.39 Å². The summed E-state index contributed by atoms with van der Waals surface area (Å²) in [5.41, 5.74) is 0. The summed E-state index contributed by atoms with van der Waals surface area (Å²) in [5.74, 6) is 1.03. The van der Waals surface area contributed by atoms with Gasteiger partial charge in [0.1, 0.15) is 12.4 Å². The topological polar surface area (TPSA) is 9.23 Å². The molecule has 0 aliphatic rings. The summed E-state index contributed by atoms with van der Waals surface area (Å²) < 4.78 is 19.2. The molecule has 88 valence electrons. The standard InChI is InChI=1S/C13H18FOP/c1-11(2)8-9-13(14,16)10-15-12-6-4-3-5-7-12/h3-9,11H,10,16H2,1-2H3/b9-8+. The minimum atomic E-state index is -1.50. The Balaban J connectivity index is 2.48. The van der Waals surface area contributed by atoms with Crippen molar-refractivity contribution in [1.29, 1.82) is 0 Å². The minimum Gasteiger partial charge on any atom is -0.490 e. The number of halogens is 1. The summed E-state index contributed by atoms with van der Waals surface area (Å²) in [7, 11) is 2.17. The molecule has 0 amide bonds. The van der Waals surface area contributed by atoms with Crippen molar-refractivity contribution in [3.05, 3.63) is 42.5 Å². The highest BCUT2D eigenvalue weighted by atomic mass is 31.0. The van der Waals surface area contributed by atoms with Crippen LogP contribution in [0.15, 0.2) is 42.5 Å². The summed E-state index contributed by atoms with van der Waals surface area (Å²) in [6.45, 7) is 4.02. The van der Waals surface area contributed by atoms with Crippen molar-refractivity contribution in [3.63, 3.8) is 0 Å². The molecule has 0 radical (unpaired) electrons. The van der Waals surface area contributed by atoms with E-state index < -0.39 is 5.41 Å². The molecule has 0 fully saturated rings. The zero-order chi connectivity index (χ0) is 12.0. The summed E-state index contributed by atoms with van der Waals surface area (Å²) in [4.78, 5) is 0. The van der Waals surface area contributed by atoms with Gasteiger partial charge in [-0.2, -0.15) is 0 Å². The van der Waals surface area contributed by atoms with Crippen LogP contribution in [0, 0.1) is 5.92 Å². The Kier molecular flexibility index (Phi) is 4.95. The van der Waals surface area contributed by atoms with Gasteiger partial charge in [-0.05, 0) is 24.1 Å². The summed E-state index contributed by atoms with van der Waals surface area (Å²) in [6, 6.07) is 9.25. The van der Waals surface area contributed by atoms with Crippen LogP contribution in [0.1, 0.15) is 13.8 Å². The molecule has 0 saturated carbocycles. The van der Waals surface area contributed by atoms with Gasteiger partial charge in [-0.15, -0.1) is 0 Å². The lowest BCUT2D eigenvalue weighted by molar-refractivity contribution is 0.203. The second-order valence-electron chi connectivity index (χ2n) is 4.13. The maximum atomic E-state index is 13.9. The Morgan fingerprint density at radius 1 is 1.38 bits per heavy atom. The predicted molar refractivity (Wildman–Crippen MR) is 69.5 cm³/mol. The molecule has 0 heterocycles. The van der Waals surface area contributed by atoms with Crippen LogP contribution in [0.3, 0.4) is 0 Å². The number of alkyl halides is 1. The molecule has 16 heavy (non-hydrogen) atoms. The third kappa shape index (κ3) is 5.27. The van der Waals surface area contributed by atoms with Gasteiger partial charge in [0.2, 0.25) is 0 Å². The molecule has 2 atom stereocenters. The molecular formula is C13H18FOP. The van der Waals surface area contributed by atoms with Gasteiger partial charge in [0, 0.05) is 0 Å². The molecule has 0 aliphatic carbocycles. The SMILES string of the molecule is CC(C)/C=C/C(F)(P)COc1ccccc1. The predicted octanol–water partition coefficient (Wildman–Crippen LogP) is 3.82. The van der Waals surface area contributed by atoms with E-state index in [0.717, 1.165) is 0 Å². The fraction of sp³-hybridized carbons (Fsp3) is 0.385. The molecule has 0 saturated heterocycles. The smallest absolute Gasteiger partial charge is 0.175 e. The zero-order valence-corrected chi connectivity index (χ0v) is 10.8. The van der Waals surface area contributed by atoms with E-state index in [1.165, 1.54) is 6.08 Å². The van der Waals surface area contributed by atoms with Crippen LogP contribution in [0.25, 0.3) is 0 Å². The number of rotatable bonds is 5. The summed E-state index contributed by atoms with van der Waals surface area (Å²) in [6.07, 6.45) is 3.37. The Morgan fingerprint density at radius 3 is 2.56 bits per heavy atom. The van der Waals surface area contributed by atoms with E-state index >= 15 is 0 Å². The van der Waals surface area contributed by atoms with Crippen molar-refractivity contribution in [3.8, 4) is 5.75 Å². The lowest BCUT2D eigenvalue weighted by Gasteiger charge is -2.17. The first kappa shape index (κ1) is 13.2. The van der Waals surface area contributed by atoms with E-state index in [-0.39, 0.29) is 6.61 Å². The lowest BCUT2D eigenvalue weighted by atomic mass is 10.2. The largest absolute Gasteiger partial charge is 0.490 e. The number of hydrogen-bond donors (Lipinski definition) is 0. The molecule has 1 nitrogen and oxygen atoms in total. The van der Waals surface area contributed by atoms with Crippen LogP contribution >= 0.6 is 9.24 Å². The van der Waals surface area contributed by atoms with Crippen LogP contribution in [0.5, 0.6) is 5.75 Å². The average Bonchev–Trinajstić information content (AvgIpc) is 2.26. The molecule has 0 bridgehead atoms. The van der Waals surface area contributed by atoms with Gasteiger partial charge in [0.15, 0.2) is 5.41 Å². The molecule has 1 aromatic rings. The molecule has 0 aromatic heterocycles. The second-order valence-corrected chi connectivity index (χ2v) is 5.09. The number of ether oxygens (including phenoxy) is 1. The first-order valence-corrected chi connectivity index (χ1v) is 5.92. The van der Waals surface area contributed by atoms with Crippen LogP contribution < -0.4 is 4.74 Å². The van der Waals surface area contributed by atoms with Gasteiger partial charge >= 0.3 is 0 Å². The maximum absolute atomic E-state index is 13.9. The van der Waals surface area contributed by atoms with Gasteiger partial charge in [0.05, 0.1) is 0 Å². The number of para-hydroxylation sites is 1. The van der Waals surface area contributed by atoms with Gasteiger partial charge in [-0.25, -0.2) is 4.39 Å². The van der Waals surface area contributed by atoms with E-state index in [4.69, 9.17) is 4.74 Å². The zero-order valence-electron chi connectivity index (χ0n) is 9.69. The van der Waals surface area contributed by atoms with Gasteiger partial charge < -0.3 is 4.74 Å². The highest BCUT2D eigenvalue weighted by molar-refractivity contribution is 7.19. The minimum absolute atomic E-state index is 0.00486. The number of benzene rings is 1. The Hall–Kier alpha value is -0.880. The summed E-state index contributed by atoms with van der Waals surface area (Å²) >= 11 is 0. The van der Waals surface area contributed by atoms with Crippen molar-refractivity contribution >= 4 is 9.24 Å². The number of allylic oxidation sites excluding steroid dienone is 1. The Labute approximate surface area is 98.9 Å². The first-order valence-electron chi connectivity index (χ1n) is 5.34. The number of hydrogen-bond acceptors (Lipinski definition) is 1. The average molecular weight is 240 g/mol. The lowest BCUT2D eigenvalue weighted by Crippen LogP contribution is -2.21. The molecule has 3 heteroatoms. The van der Waals surface area contributed by atoms with Gasteiger partial charge in [-0.3, -0.25) is 0 Å².